The molecular formula is C18H19BrN4O2S. The summed E-state index contributed by atoms with van der Waals surface area (Å²) in [6, 6.07) is 10.7. The Morgan fingerprint density at radius 3 is 2.88 bits per heavy atom. The molecule has 1 saturated heterocycles. The van der Waals surface area contributed by atoms with Crippen molar-refractivity contribution in [3.05, 3.63) is 52.9 Å². The molecule has 3 heterocycles. The first-order valence-electron chi connectivity index (χ1n) is 8.57. The summed E-state index contributed by atoms with van der Waals surface area (Å²) in [5.74, 6) is 0.999. The molecule has 0 aliphatic carbocycles. The highest BCUT2D eigenvalue weighted by Crippen LogP contribution is 2.32. The lowest BCUT2D eigenvalue weighted by Crippen LogP contribution is -2.29. The molecule has 0 N–H and O–H groups in total. The quantitative estimate of drug-likeness (QED) is 0.630. The summed E-state index contributed by atoms with van der Waals surface area (Å²) < 4.78 is 30.3. The predicted octanol–water partition coefficient (Wildman–Crippen LogP) is 3.39. The fourth-order valence-corrected chi connectivity index (χ4v) is 5.63. The molecular weight excluding hydrogens is 416 g/mol. The van der Waals surface area contributed by atoms with Crippen molar-refractivity contribution < 1.29 is 8.42 Å². The van der Waals surface area contributed by atoms with Crippen LogP contribution in [0.5, 0.6) is 0 Å². The minimum Gasteiger partial charge on any atom is -0.313 e. The summed E-state index contributed by atoms with van der Waals surface area (Å²) in [6.07, 6.45) is 2.52. The van der Waals surface area contributed by atoms with Gasteiger partial charge in [0.05, 0.1) is 4.90 Å². The maximum atomic E-state index is 13.0. The van der Waals surface area contributed by atoms with Crippen molar-refractivity contribution in [3.8, 4) is 0 Å². The van der Waals surface area contributed by atoms with Crippen LogP contribution in [0.3, 0.4) is 0 Å². The van der Waals surface area contributed by atoms with Gasteiger partial charge in [-0.3, -0.25) is 0 Å². The van der Waals surface area contributed by atoms with Crippen molar-refractivity contribution >= 4 is 37.1 Å². The SMILES string of the molecule is CCn1c([C@H]2CCN(S(=O)(=O)c3cccc(Br)c3)C2)nc2cccnc21. The van der Waals surface area contributed by atoms with E-state index in [1.54, 1.807) is 28.7 Å². The first kappa shape index (κ1) is 17.6. The lowest BCUT2D eigenvalue weighted by atomic mass is 10.1. The van der Waals surface area contributed by atoms with Gasteiger partial charge in [-0.05, 0) is 43.7 Å². The van der Waals surface area contributed by atoms with Crippen LogP contribution in [0.4, 0.5) is 0 Å². The van der Waals surface area contributed by atoms with Crippen molar-refractivity contribution in [1.82, 2.24) is 18.8 Å². The van der Waals surface area contributed by atoms with Crippen molar-refractivity contribution in [2.75, 3.05) is 13.1 Å². The smallest absolute Gasteiger partial charge is 0.243 e. The van der Waals surface area contributed by atoms with Gasteiger partial charge in [-0.25, -0.2) is 18.4 Å². The van der Waals surface area contributed by atoms with Gasteiger partial charge >= 0.3 is 0 Å². The van der Waals surface area contributed by atoms with E-state index in [4.69, 9.17) is 4.98 Å². The van der Waals surface area contributed by atoms with Gasteiger partial charge in [0.2, 0.25) is 10.0 Å². The molecule has 1 atom stereocenters. The van der Waals surface area contributed by atoms with Crippen LogP contribution in [0.25, 0.3) is 11.2 Å². The van der Waals surface area contributed by atoms with E-state index in [1.807, 2.05) is 18.2 Å². The summed E-state index contributed by atoms with van der Waals surface area (Å²) in [7, 11) is -3.50. The molecule has 0 amide bonds. The Hall–Kier alpha value is -1.77. The Kier molecular flexibility index (Phi) is 4.58. The number of hydrogen-bond donors (Lipinski definition) is 0. The second-order valence-corrected chi connectivity index (χ2v) is 9.22. The number of nitrogens with zero attached hydrogens (tertiary/aromatic N) is 4. The van der Waals surface area contributed by atoms with E-state index >= 15 is 0 Å². The zero-order chi connectivity index (χ0) is 18.3. The minimum absolute atomic E-state index is 0.0751. The number of pyridine rings is 1. The van der Waals surface area contributed by atoms with E-state index < -0.39 is 10.0 Å². The van der Waals surface area contributed by atoms with E-state index in [0.717, 1.165) is 34.4 Å². The molecule has 0 spiro atoms. The zero-order valence-electron chi connectivity index (χ0n) is 14.3. The van der Waals surface area contributed by atoms with Gasteiger partial charge in [0.15, 0.2) is 5.65 Å². The van der Waals surface area contributed by atoms with Gasteiger partial charge in [-0.1, -0.05) is 22.0 Å². The first-order chi connectivity index (χ1) is 12.5. The number of sulfonamides is 1. The fraction of sp³-hybridized carbons (Fsp3) is 0.333. The lowest BCUT2D eigenvalue weighted by molar-refractivity contribution is 0.469. The molecule has 6 nitrogen and oxygen atoms in total. The molecule has 136 valence electrons. The molecule has 8 heteroatoms. The van der Waals surface area contributed by atoms with Crippen molar-refractivity contribution in [2.24, 2.45) is 0 Å². The molecule has 1 aliphatic rings. The zero-order valence-corrected chi connectivity index (χ0v) is 16.7. The number of fused-ring (bicyclic) bond motifs is 1. The number of aryl methyl sites for hydroxylation is 1. The summed E-state index contributed by atoms with van der Waals surface area (Å²) in [5.41, 5.74) is 1.72. The van der Waals surface area contributed by atoms with E-state index in [-0.39, 0.29) is 5.92 Å². The Morgan fingerprint density at radius 1 is 1.27 bits per heavy atom. The van der Waals surface area contributed by atoms with Crippen molar-refractivity contribution in [2.45, 2.75) is 30.7 Å². The Balaban J connectivity index is 1.65. The molecule has 0 unspecified atom stereocenters. The predicted molar refractivity (Wildman–Crippen MR) is 103 cm³/mol. The molecule has 1 fully saturated rings. The lowest BCUT2D eigenvalue weighted by Gasteiger charge is -2.17. The van der Waals surface area contributed by atoms with Crippen LogP contribution in [-0.2, 0) is 16.6 Å². The second-order valence-electron chi connectivity index (χ2n) is 6.37. The maximum absolute atomic E-state index is 13.0. The highest BCUT2D eigenvalue weighted by molar-refractivity contribution is 9.10. The Morgan fingerprint density at radius 2 is 2.12 bits per heavy atom. The van der Waals surface area contributed by atoms with Gasteiger partial charge in [0.25, 0.3) is 0 Å². The molecule has 4 rings (SSSR count). The monoisotopic (exact) mass is 434 g/mol. The van der Waals surface area contributed by atoms with Crippen LogP contribution in [0.1, 0.15) is 25.1 Å². The van der Waals surface area contributed by atoms with Crippen LogP contribution in [0.2, 0.25) is 0 Å². The largest absolute Gasteiger partial charge is 0.313 e. The van der Waals surface area contributed by atoms with Gasteiger partial charge in [0.1, 0.15) is 11.3 Å². The number of hydrogen-bond acceptors (Lipinski definition) is 4. The number of benzene rings is 1. The van der Waals surface area contributed by atoms with Crippen LogP contribution < -0.4 is 0 Å². The number of imidazole rings is 1. The highest BCUT2D eigenvalue weighted by atomic mass is 79.9. The van der Waals surface area contributed by atoms with Gasteiger partial charge < -0.3 is 4.57 Å². The topological polar surface area (TPSA) is 68.1 Å². The normalized spacial score (nSPS) is 18.6. The van der Waals surface area contributed by atoms with Crippen LogP contribution >= 0.6 is 15.9 Å². The Bertz CT molecular complexity index is 1060. The van der Waals surface area contributed by atoms with Crippen LogP contribution in [0.15, 0.2) is 52.0 Å². The van der Waals surface area contributed by atoms with E-state index in [1.165, 1.54) is 0 Å². The standard InChI is InChI=1S/C18H19BrN4O2S/c1-2-23-17(21-16-7-4-9-20-18(16)23)13-8-10-22(12-13)26(24,25)15-6-3-5-14(19)11-15/h3-7,9,11,13H,2,8,10,12H2,1H3/t13-/m0/s1. The molecule has 1 aromatic carbocycles. The third-order valence-electron chi connectivity index (χ3n) is 4.80. The molecule has 2 aromatic heterocycles. The third kappa shape index (κ3) is 2.95. The molecule has 0 radical (unpaired) electrons. The van der Waals surface area contributed by atoms with Crippen molar-refractivity contribution in [3.63, 3.8) is 0 Å². The minimum atomic E-state index is -3.50. The molecule has 1 aliphatic heterocycles. The maximum Gasteiger partial charge on any atom is 0.243 e. The van der Waals surface area contributed by atoms with Gasteiger partial charge in [0, 0.05) is 36.2 Å². The Labute approximate surface area is 161 Å². The fourth-order valence-electron chi connectivity index (χ4n) is 3.53. The van der Waals surface area contributed by atoms with E-state index in [2.05, 4.69) is 32.4 Å². The summed E-state index contributed by atoms with van der Waals surface area (Å²) in [4.78, 5) is 9.49. The summed E-state index contributed by atoms with van der Waals surface area (Å²) >= 11 is 3.35. The number of halogens is 1. The van der Waals surface area contributed by atoms with Crippen LogP contribution in [0, 0.1) is 0 Å². The van der Waals surface area contributed by atoms with E-state index in [9.17, 15) is 8.42 Å². The third-order valence-corrected chi connectivity index (χ3v) is 7.15. The van der Waals surface area contributed by atoms with Crippen LogP contribution in [-0.4, -0.2) is 40.3 Å². The summed E-state index contributed by atoms with van der Waals surface area (Å²) in [5, 5.41) is 0. The average Bonchev–Trinajstić information content (AvgIpc) is 3.26. The highest BCUT2D eigenvalue weighted by Gasteiger charge is 2.35. The van der Waals surface area contributed by atoms with Crippen molar-refractivity contribution in [1.29, 1.82) is 0 Å². The molecule has 0 saturated carbocycles. The van der Waals surface area contributed by atoms with Gasteiger partial charge in [-0.15, -0.1) is 0 Å². The molecule has 3 aromatic rings. The molecule has 26 heavy (non-hydrogen) atoms. The molecule has 0 bridgehead atoms. The number of rotatable bonds is 4. The van der Waals surface area contributed by atoms with Gasteiger partial charge in [-0.2, -0.15) is 4.31 Å². The summed E-state index contributed by atoms with van der Waals surface area (Å²) in [6.45, 7) is 3.76. The first-order valence-corrected chi connectivity index (χ1v) is 10.8. The second kappa shape index (κ2) is 6.75. The number of aromatic nitrogens is 3. The average molecular weight is 435 g/mol. The van der Waals surface area contributed by atoms with E-state index in [0.29, 0.717) is 18.0 Å².